The van der Waals surface area contributed by atoms with E-state index in [1.165, 1.54) is 69.1 Å². The fraction of sp³-hybridized carbons (Fsp3) is 0.522. The molecule has 1 aromatic carbocycles. The van der Waals surface area contributed by atoms with Crippen molar-refractivity contribution < 1.29 is 8.78 Å². The van der Waals surface area contributed by atoms with Crippen molar-refractivity contribution in [3.05, 3.63) is 53.9 Å². The Hall–Kier alpha value is -1.77. The second-order valence-electron chi connectivity index (χ2n) is 7.74. The summed E-state index contributed by atoms with van der Waals surface area (Å²) in [6.45, 7) is 2.28. The molecule has 2 aromatic rings. The fourth-order valence-corrected chi connectivity index (χ4v) is 4.15. The van der Waals surface area contributed by atoms with Crippen LogP contribution >= 0.6 is 0 Å². The maximum absolute atomic E-state index is 13.8. The quantitative estimate of drug-likeness (QED) is 0.488. The highest BCUT2D eigenvalue weighted by atomic mass is 19.1. The topological polar surface area (TPSA) is 12.9 Å². The summed E-state index contributed by atoms with van der Waals surface area (Å²) < 4.78 is 26.7. The molecule has 1 aromatic heterocycles. The number of pyridine rings is 1. The Balaban J connectivity index is 1.49. The van der Waals surface area contributed by atoms with Crippen LogP contribution in [-0.4, -0.2) is 4.98 Å². The normalized spacial score (nSPS) is 20.3. The average molecular weight is 357 g/mol. The van der Waals surface area contributed by atoms with Gasteiger partial charge in [0.25, 0.3) is 0 Å². The minimum absolute atomic E-state index is 0.350. The molecule has 0 spiro atoms. The first kappa shape index (κ1) is 19.0. The van der Waals surface area contributed by atoms with E-state index in [4.69, 9.17) is 0 Å². The van der Waals surface area contributed by atoms with Crippen molar-refractivity contribution in [2.75, 3.05) is 0 Å². The van der Waals surface area contributed by atoms with Gasteiger partial charge in [0.15, 0.2) is 0 Å². The first-order valence-corrected chi connectivity index (χ1v) is 10.1. The van der Waals surface area contributed by atoms with Crippen molar-refractivity contribution in [1.29, 1.82) is 0 Å². The van der Waals surface area contributed by atoms with Crippen LogP contribution in [0.15, 0.2) is 36.4 Å². The third-order valence-corrected chi connectivity index (χ3v) is 5.85. The van der Waals surface area contributed by atoms with Crippen LogP contribution in [0.25, 0.3) is 11.1 Å². The van der Waals surface area contributed by atoms with E-state index in [0.717, 1.165) is 23.8 Å². The lowest BCUT2D eigenvalue weighted by molar-refractivity contribution is 0.250. The number of benzene rings is 1. The van der Waals surface area contributed by atoms with Gasteiger partial charge in [-0.25, -0.2) is 0 Å². The van der Waals surface area contributed by atoms with Gasteiger partial charge >= 0.3 is 0 Å². The molecule has 1 saturated carbocycles. The smallest absolute Gasteiger partial charge is 0.190 e. The Bertz CT molecular complexity index is 688. The molecule has 0 atom stereocenters. The first-order chi connectivity index (χ1) is 12.7. The molecule has 1 aliphatic rings. The first-order valence-electron chi connectivity index (χ1n) is 10.1. The molecule has 1 fully saturated rings. The summed E-state index contributed by atoms with van der Waals surface area (Å²) in [5.74, 6) is 0.279. The molecule has 0 aliphatic heterocycles. The largest absolute Gasteiger partial charge is 0.223 e. The Labute approximate surface area is 155 Å². The zero-order valence-corrected chi connectivity index (χ0v) is 15.7. The lowest BCUT2D eigenvalue weighted by atomic mass is 9.78. The van der Waals surface area contributed by atoms with Crippen LogP contribution in [0.4, 0.5) is 8.78 Å². The van der Waals surface area contributed by atoms with Crippen molar-refractivity contribution in [1.82, 2.24) is 4.98 Å². The predicted octanol–water partition coefficient (Wildman–Crippen LogP) is 6.96. The Kier molecular flexibility index (Phi) is 6.76. The summed E-state index contributed by atoms with van der Waals surface area (Å²) in [7, 11) is 0. The number of rotatable bonds is 7. The van der Waals surface area contributed by atoms with Crippen molar-refractivity contribution in [3.8, 4) is 11.1 Å². The zero-order chi connectivity index (χ0) is 18.4. The van der Waals surface area contributed by atoms with E-state index in [9.17, 15) is 8.78 Å². The third kappa shape index (κ3) is 5.12. The van der Waals surface area contributed by atoms with Crippen LogP contribution < -0.4 is 0 Å². The molecule has 0 bridgehead atoms. The van der Waals surface area contributed by atoms with Crippen molar-refractivity contribution in [2.24, 2.45) is 11.8 Å². The van der Waals surface area contributed by atoms with E-state index in [-0.39, 0.29) is 0 Å². The number of unbranched alkanes of at least 4 members (excludes halogenated alkanes) is 1. The molecule has 3 rings (SSSR count). The molecule has 0 radical (unpaired) electrons. The molecule has 26 heavy (non-hydrogen) atoms. The summed E-state index contributed by atoms with van der Waals surface area (Å²) in [6, 6.07) is 10.6. The lowest BCUT2D eigenvalue weighted by Crippen LogP contribution is -2.15. The van der Waals surface area contributed by atoms with Gasteiger partial charge in [-0.15, -0.1) is 0 Å². The van der Waals surface area contributed by atoms with Crippen LogP contribution in [0.1, 0.15) is 63.9 Å². The number of aromatic nitrogens is 1. The average Bonchev–Trinajstić information content (AvgIpc) is 2.66. The Morgan fingerprint density at radius 2 is 1.54 bits per heavy atom. The molecule has 1 nitrogen and oxygen atoms in total. The predicted molar refractivity (Wildman–Crippen MR) is 103 cm³/mol. The van der Waals surface area contributed by atoms with Gasteiger partial charge < -0.3 is 0 Å². The van der Waals surface area contributed by atoms with Crippen LogP contribution in [0.3, 0.4) is 0 Å². The highest BCUT2D eigenvalue weighted by molar-refractivity contribution is 5.63. The Morgan fingerprint density at radius 1 is 0.885 bits per heavy atom. The van der Waals surface area contributed by atoms with Gasteiger partial charge in [-0.3, -0.25) is 0 Å². The van der Waals surface area contributed by atoms with E-state index in [2.05, 4.69) is 24.0 Å². The second-order valence-corrected chi connectivity index (χ2v) is 7.74. The van der Waals surface area contributed by atoms with E-state index in [0.29, 0.717) is 5.56 Å². The molecule has 0 unspecified atom stereocenters. The molecule has 140 valence electrons. The molecule has 1 heterocycles. The van der Waals surface area contributed by atoms with E-state index >= 15 is 0 Å². The highest BCUT2D eigenvalue weighted by Gasteiger charge is 2.20. The summed E-state index contributed by atoms with van der Waals surface area (Å²) in [6.07, 6.45) is 12.0. The summed E-state index contributed by atoms with van der Waals surface area (Å²) in [5.41, 5.74) is 2.39. The number of nitrogens with zero attached hydrogens (tertiary/aromatic N) is 1. The monoisotopic (exact) mass is 357 g/mol. The molecule has 0 N–H and O–H groups in total. The molecule has 0 amide bonds. The SMILES string of the molecule is CCCC[C@H]1CC[C@H](CCc2ccc(-c3ccc(F)nc3F)cc2)CC1. The number of aryl methyl sites for hydroxylation is 1. The van der Waals surface area contributed by atoms with E-state index < -0.39 is 11.9 Å². The highest BCUT2D eigenvalue weighted by Crippen LogP contribution is 2.34. The minimum Gasteiger partial charge on any atom is -0.190 e. The minimum atomic E-state index is -0.785. The van der Waals surface area contributed by atoms with Crippen molar-refractivity contribution in [3.63, 3.8) is 0 Å². The summed E-state index contributed by atoms with van der Waals surface area (Å²) in [4.78, 5) is 3.26. The van der Waals surface area contributed by atoms with Gasteiger partial charge in [0, 0.05) is 5.56 Å². The van der Waals surface area contributed by atoms with Crippen LogP contribution in [0.5, 0.6) is 0 Å². The van der Waals surface area contributed by atoms with Gasteiger partial charge in [-0.05, 0) is 47.9 Å². The second kappa shape index (κ2) is 9.25. The van der Waals surface area contributed by atoms with Crippen molar-refractivity contribution in [2.45, 2.75) is 64.7 Å². The molecular weight excluding hydrogens is 328 g/mol. The maximum atomic E-state index is 13.8. The van der Waals surface area contributed by atoms with Gasteiger partial charge in [-0.1, -0.05) is 76.1 Å². The number of hydrogen-bond donors (Lipinski definition) is 0. The lowest BCUT2D eigenvalue weighted by Gasteiger charge is -2.28. The zero-order valence-electron chi connectivity index (χ0n) is 15.7. The van der Waals surface area contributed by atoms with Crippen LogP contribution in [0.2, 0.25) is 0 Å². The number of hydrogen-bond acceptors (Lipinski definition) is 1. The summed E-state index contributed by atoms with van der Waals surface area (Å²) in [5, 5.41) is 0. The fourth-order valence-electron chi connectivity index (χ4n) is 4.15. The van der Waals surface area contributed by atoms with Gasteiger partial charge in [0.1, 0.15) is 0 Å². The van der Waals surface area contributed by atoms with Gasteiger partial charge in [0.2, 0.25) is 11.9 Å². The number of halogens is 2. The molecule has 3 heteroatoms. The van der Waals surface area contributed by atoms with Gasteiger partial charge in [-0.2, -0.15) is 13.8 Å². The third-order valence-electron chi connectivity index (χ3n) is 5.85. The summed E-state index contributed by atoms with van der Waals surface area (Å²) >= 11 is 0. The van der Waals surface area contributed by atoms with Crippen LogP contribution in [-0.2, 0) is 6.42 Å². The van der Waals surface area contributed by atoms with Crippen LogP contribution in [0, 0.1) is 23.7 Å². The van der Waals surface area contributed by atoms with E-state index in [1.54, 1.807) is 0 Å². The molecular formula is C23H29F2N. The standard InChI is InChI=1S/C23H29F2N/c1-2-3-4-17-5-7-18(8-6-17)9-10-19-11-13-20(14-12-19)21-15-16-22(24)26-23(21)25/h11-18H,2-10H2,1H3/t17-,18-. The van der Waals surface area contributed by atoms with Crippen molar-refractivity contribution >= 4 is 0 Å². The maximum Gasteiger partial charge on any atom is 0.223 e. The van der Waals surface area contributed by atoms with Gasteiger partial charge in [0.05, 0.1) is 0 Å². The molecule has 0 saturated heterocycles. The van der Waals surface area contributed by atoms with E-state index in [1.807, 2.05) is 12.1 Å². The Morgan fingerprint density at radius 3 is 2.15 bits per heavy atom. The molecule has 1 aliphatic carbocycles.